The fraction of sp³-hybridized carbons (Fsp3) is 0.200. The van der Waals surface area contributed by atoms with Gasteiger partial charge in [0.25, 0.3) is 5.91 Å². The second-order valence-corrected chi connectivity index (χ2v) is 7.40. The molecule has 1 unspecified atom stereocenters. The fourth-order valence-electron chi connectivity index (χ4n) is 3.34. The number of nitrogens with zero attached hydrogens (tertiary/aromatic N) is 1. The molecule has 2 heterocycles. The first kappa shape index (κ1) is 20.5. The van der Waals surface area contributed by atoms with Gasteiger partial charge in [-0.25, -0.2) is 0 Å². The smallest absolute Gasteiger partial charge is 0.287 e. The van der Waals surface area contributed by atoms with E-state index in [0.29, 0.717) is 23.7 Å². The van der Waals surface area contributed by atoms with E-state index in [4.69, 9.17) is 13.9 Å². The molecule has 31 heavy (non-hydrogen) atoms. The molecular weight excluding hydrogens is 392 g/mol. The molecule has 2 aromatic heterocycles. The van der Waals surface area contributed by atoms with E-state index in [0.717, 1.165) is 22.1 Å². The number of ether oxygens (including phenoxy) is 2. The molecule has 158 valence electrons. The van der Waals surface area contributed by atoms with Crippen LogP contribution in [-0.4, -0.2) is 18.0 Å². The van der Waals surface area contributed by atoms with E-state index >= 15 is 0 Å². The van der Waals surface area contributed by atoms with Gasteiger partial charge in [-0.1, -0.05) is 17.7 Å². The molecule has 4 aromatic rings. The number of nitrogens with one attached hydrogen (secondary N) is 1. The van der Waals surface area contributed by atoms with Crippen molar-refractivity contribution >= 4 is 16.9 Å². The molecular formula is C25H24N2O4. The number of furan rings is 1. The van der Waals surface area contributed by atoms with Crippen molar-refractivity contribution in [3.05, 3.63) is 89.4 Å². The summed E-state index contributed by atoms with van der Waals surface area (Å²) in [5.41, 5.74) is 3.73. The molecule has 0 radical (unpaired) electrons. The molecule has 2 aromatic carbocycles. The molecule has 0 aliphatic carbocycles. The van der Waals surface area contributed by atoms with Gasteiger partial charge in [-0.05, 0) is 67.4 Å². The lowest BCUT2D eigenvalue weighted by Crippen LogP contribution is -2.26. The van der Waals surface area contributed by atoms with E-state index in [-0.39, 0.29) is 17.7 Å². The highest BCUT2D eigenvalue weighted by atomic mass is 16.5. The zero-order valence-corrected chi connectivity index (χ0v) is 17.7. The van der Waals surface area contributed by atoms with Crippen molar-refractivity contribution in [3.63, 3.8) is 0 Å². The van der Waals surface area contributed by atoms with E-state index in [1.807, 2.05) is 62.4 Å². The van der Waals surface area contributed by atoms with Gasteiger partial charge in [-0.2, -0.15) is 0 Å². The molecule has 0 aliphatic heterocycles. The second kappa shape index (κ2) is 8.92. The van der Waals surface area contributed by atoms with Crippen LogP contribution in [-0.2, 0) is 6.61 Å². The minimum Gasteiger partial charge on any atom is -0.493 e. The van der Waals surface area contributed by atoms with E-state index in [2.05, 4.69) is 10.3 Å². The summed E-state index contributed by atoms with van der Waals surface area (Å²) in [7, 11) is 1.60. The molecule has 6 nitrogen and oxygen atoms in total. The molecule has 0 aliphatic rings. The predicted octanol–water partition coefficient (Wildman–Crippen LogP) is 5.21. The highest BCUT2D eigenvalue weighted by Gasteiger charge is 2.17. The standard InChI is InChI=1S/C25H24N2O4/c1-16-4-6-21-20(12-16)14-24(31-21)25(28)27-17(2)19-5-7-22(23(13-19)29-3)30-15-18-8-10-26-11-9-18/h4-14,17H,15H2,1-3H3,(H,27,28). The molecule has 0 saturated heterocycles. The Morgan fingerprint density at radius 3 is 2.65 bits per heavy atom. The largest absolute Gasteiger partial charge is 0.493 e. The zero-order chi connectivity index (χ0) is 21.8. The Morgan fingerprint density at radius 2 is 1.87 bits per heavy atom. The topological polar surface area (TPSA) is 73.6 Å². The van der Waals surface area contributed by atoms with Crippen LogP contribution in [0.4, 0.5) is 0 Å². The highest BCUT2D eigenvalue weighted by Crippen LogP contribution is 2.31. The van der Waals surface area contributed by atoms with E-state index in [1.165, 1.54) is 0 Å². The summed E-state index contributed by atoms with van der Waals surface area (Å²) in [6, 6.07) is 16.8. The lowest BCUT2D eigenvalue weighted by Gasteiger charge is -2.17. The van der Waals surface area contributed by atoms with Crippen LogP contribution in [0, 0.1) is 6.92 Å². The quantitative estimate of drug-likeness (QED) is 0.447. The Balaban J connectivity index is 1.45. The number of fused-ring (bicyclic) bond motifs is 1. The van der Waals surface area contributed by atoms with Crippen LogP contribution in [0.2, 0.25) is 0 Å². The fourth-order valence-corrected chi connectivity index (χ4v) is 3.34. The second-order valence-electron chi connectivity index (χ2n) is 7.40. The number of rotatable bonds is 7. The maximum atomic E-state index is 12.7. The Labute approximate surface area is 180 Å². The zero-order valence-electron chi connectivity index (χ0n) is 17.7. The van der Waals surface area contributed by atoms with Crippen LogP contribution >= 0.6 is 0 Å². The van der Waals surface area contributed by atoms with Gasteiger partial charge < -0.3 is 19.2 Å². The van der Waals surface area contributed by atoms with Gasteiger partial charge in [0, 0.05) is 17.8 Å². The molecule has 4 rings (SSSR count). The van der Waals surface area contributed by atoms with Gasteiger partial charge in [-0.3, -0.25) is 9.78 Å². The normalized spacial score (nSPS) is 11.8. The molecule has 0 fully saturated rings. The maximum absolute atomic E-state index is 12.7. The predicted molar refractivity (Wildman–Crippen MR) is 118 cm³/mol. The summed E-state index contributed by atoms with van der Waals surface area (Å²) < 4.78 is 17.1. The van der Waals surface area contributed by atoms with Crippen molar-refractivity contribution < 1.29 is 18.7 Å². The summed E-state index contributed by atoms with van der Waals surface area (Å²) in [5.74, 6) is 1.26. The van der Waals surface area contributed by atoms with Gasteiger partial charge >= 0.3 is 0 Å². The molecule has 0 spiro atoms. The Hall–Kier alpha value is -3.80. The average molecular weight is 416 g/mol. The third-order valence-corrected chi connectivity index (χ3v) is 5.07. The van der Waals surface area contributed by atoms with Gasteiger partial charge in [-0.15, -0.1) is 0 Å². The van der Waals surface area contributed by atoms with Crippen molar-refractivity contribution in [1.29, 1.82) is 0 Å². The SMILES string of the molecule is COc1cc(C(C)NC(=O)c2cc3cc(C)ccc3o2)ccc1OCc1ccncc1. The van der Waals surface area contributed by atoms with Gasteiger partial charge in [0.1, 0.15) is 12.2 Å². The number of hydrogen-bond acceptors (Lipinski definition) is 5. The first-order valence-electron chi connectivity index (χ1n) is 10.0. The number of hydrogen-bond donors (Lipinski definition) is 1. The third-order valence-electron chi connectivity index (χ3n) is 5.07. The first-order chi connectivity index (χ1) is 15.0. The minimum atomic E-state index is -0.265. The summed E-state index contributed by atoms with van der Waals surface area (Å²) >= 11 is 0. The van der Waals surface area contributed by atoms with E-state index < -0.39 is 0 Å². The van der Waals surface area contributed by atoms with Crippen molar-refractivity contribution in [2.75, 3.05) is 7.11 Å². The number of benzene rings is 2. The number of carbonyl (C=O) groups is 1. The lowest BCUT2D eigenvalue weighted by molar-refractivity contribution is 0.0914. The van der Waals surface area contributed by atoms with E-state index in [1.54, 1.807) is 25.6 Å². The van der Waals surface area contributed by atoms with Crippen molar-refractivity contribution in [1.82, 2.24) is 10.3 Å². The number of methoxy groups -OCH3 is 1. The summed E-state index contributed by atoms with van der Waals surface area (Å²) in [6.45, 7) is 4.33. The van der Waals surface area contributed by atoms with Crippen LogP contribution in [0.1, 0.15) is 40.2 Å². The maximum Gasteiger partial charge on any atom is 0.287 e. The van der Waals surface area contributed by atoms with Crippen LogP contribution in [0.3, 0.4) is 0 Å². The van der Waals surface area contributed by atoms with Gasteiger partial charge in [0.15, 0.2) is 17.3 Å². The van der Waals surface area contributed by atoms with Crippen LogP contribution < -0.4 is 14.8 Å². The molecule has 1 N–H and O–H groups in total. The number of aromatic nitrogens is 1. The van der Waals surface area contributed by atoms with Crippen molar-refractivity contribution in [3.8, 4) is 11.5 Å². The minimum absolute atomic E-state index is 0.245. The molecule has 0 saturated carbocycles. The highest BCUT2D eigenvalue weighted by molar-refractivity contribution is 5.96. The average Bonchev–Trinajstić information content (AvgIpc) is 3.21. The summed E-state index contributed by atoms with van der Waals surface area (Å²) in [5, 5.41) is 3.89. The molecule has 1 amide bonds. The van der Waals surface area contributed by atoms with E-state index in [9.17, 15) is 4.79 Å². The Bertz CT molecular complexity index is 1200. The first-order valence-corrected chi connectivity index (χ1v) is 10.0. The number of pyridine rings is 1. The number of carbonyl (C=O) groups excluding carboxylic acids is 1. The summed E-state index contributed by atoms with van der Waals surface area (Å²) in [4.78, 5) is 16.7. The summed E-state index contributed by atoms with van der Waals surface area (Å²) in [6.07, 6.45) is 3.46. The van der Waals surface area contributed by atoms with Gasteiger partial charge in [0.2, 0.25) is 0 Å². The Morgan fingerprint density at radius 1 is 1.06 bits per heavy atom. The lowest BCUT2D eigenvalue weighted by atomic mass is 10.1. The molecule has 1 atom stereocenters. The van der Waals surface area contributed by atoms with Crippen LogP contribution in [0.15, 0.2) is 71.4 Å². The number of amides is 1. The molecule has 0 bridgehead atoms. The van der Waals surface area contributed by atoms with Gasteiger partial charge in [0.05, 0.1) is 13.2 Å². The van der Waals surface area contributed by atoms with Crippen molar-refractivity contribution in [2.45, 2.75) is 26.5 Å². The molecule has 6 heteroatoms. The third kappa shape index (κ3) is 4.69. The van der Waals surface area contributed by atoms with Crippen LogP contribution in [0.5, 0.6) is 11.5 Å². The number of aryl methyl sites for hydroxylation is 1. The van der Waals surface area contributed by atoms with Crippen molar-refractivity contribution in [2.24, 2.45) is 0 Å². The Kier molecular flexibility index (Phi) is 5.89. The monoisotopic (exact) mass is 416 g/mol. The van der Waals surface area contributed by atoms with Crippen LogP contribution in [0.25, 0.3) is 11.0 Å².